The fourth-order valence-corrected chi connectivity index (χ4v) is 5.54. The molecule has 5 rings (SSSR count). The largest absolute Gasteiger partial charge is 0.362 e. The number of aromatic nitrogens is 2. The molecule has 1 aromatic heterocycles. The fourth-order valence-electron chi connectivity index (χ4n) is 5.54. The van der Waals surface area contributed by atoms with E-state index < -0.39 is 0 Å². The maximum atomic E-state index is 11.7. The number of rotatable bonds is 5. The molecule has 0 saturated heterocycles. The molecule has 24 heavy (non-hydrogen) atoms. The van der Waals surface area contributed by atoms with Crippen LogP contribution in [0.3, 0.4) is 0 Å². The van der Waals surface area contributed by atoms with Crippen molar-refractivity contribution in [3.05, 3.63) is 16.4 Å². The molecular formula is C17H25N5O2. The SMILES string of the molecule is CC(C)Nc1ncnc(NC23CC4CC(CC(C4)C2)C3)c1[N+](=O)[O-]. The maximum absolute atomic E-state index is 11.7. The lowest BCUT2D eigenvalue weighted by atomic mass is 9.53. The Morgan fingerprint density at radius 1 is 1.12 bits per heavy atom. The Kier molecular flexibility index (Phi) is 3.62. The summed E-state index contributed by atoms with van der Waals surface area (Å²) in [4.78, 5) is 19.6. The van der Waals surface area contributed by atoms with Gasteiger partial charge in [0.15, 0.2) is 0 Å². The summed E-state index contributed by atoms with van der Waals surface area (Å²) in [6.45, 7) is 3.88. The van der Waals surface area contributed by atoms with E-state index in [4.69, 9.17) is 0 Å². The highest BCUT2D eigenvalue weighted by atomic mass is 16.6. The monoisotopic (exact) mass is 331 g/mol. The third-order valence-electron chi connectivity index (χ3n) is 5.85. The molecule has 4 fully saturated rings. The predicted octanol–water partition coefficient (Wildman–Crippen LogP) is 3.59. The Bertz CT molecular complexity index is 625. The van der Waals surface area contributed by atoms with Crippen molar-refractivity contribution < 1.29 is 4.92 Å². The summed E-state index contributed by atoms with van der Waals surface area (Å²) < 4.78 is 0. The minimum absolute atomic E-state index is 0.0109. The molecule has 4 aliphatic rings. The summed E-state index contributed by atoms with van der Waals surface area (Å²) in [5.41, 5.74) is -0.0369. The van der Waals surface area contributed by atoms with Gasteiger partial charge in [-0.25, -0.2) is 9.97 Å². The number of nitro groups is 1. The van der Waals surface area contributed by atoms with Crippen molar-refractivity contribution in [3.8, 4) is 0 Å². The zero-order valence-electron chi connectivity index (χ0n) is 14.3. The van der Waals surface area contributed by atoms with E-state index in [1.165, 1.54) is 25.6 Å². The van der Waals surface area contributed by atoms with E-state index >= 15 is 0 Å². The van der Waals surface area contributed by atoms with Crippen LogP contribution < -0.4 is 10.6 Å². The molecule has 4 bridgehead atoms. The Balaban J connectivity index is 1.66. The van der Waals surface area contributed by atoms with Crippen molar-refractivity contribution in [1.82, 2.24) is 9.97 Å². The quantitative estimate of drug-likeness (QED) is 0.633. The van der Waals surface area contributed by atoms with E-state index in [0.29, 0.717) is 11.6 Å². The molecule has 0 radical (unpaired) electrons. The van der Waals surface area contributed by atoms with Gasteiger partial charge in [-0.2, -0.15) is 0 Å². The summed E-state index contributed by atoms with van der Waals surface area (Å²) in [5, 5.41) is 18.2. The van der Waals surface area contributed by atoms with Crippen LogP contribution in [0.4, 0.5) is 17.3 Å². The van der Waals surface area contributed by atoms with E-state index in [9.17, 15) is 10.1 Å². The summed E-state index contributed by atoms with van der Waals surface area (Å²) in [6, 6.07) is 0.0750. The van der Waals surface area contributed by atoms with Gasteiger partial charge in [0.25, 0.3) is 0 Å². The minimum atomic E-state index is -0.368. The lowest BCUT2D eigenvalue weighted by Crippen LogP contribution is -2.55. The van der Waals surface area contributed by atoms with Crippen LogP contribution in [0.15, 0.2) is 6.33 Å². The highest BCUT2D eigenvalue weighted by Gasteiger charge is 2.51. The van der Waals surface area contributed by atoms with Gasteiger partial charge < -0.3 is 10.6 Å². The molecule has 0 aliphatic heterocycles. The summed E-state index contributed by atoms with van der Waals surface area (Å²) in [5.74, 6) is 3.01. The average Bonchev–Trinajstić information content (AvgIpc) is 2.44. The third kappa shape index (κ3) is 2.70. The highest BCUT2D eigenvalue weighted by molar-refractivity contribution is 5.70. The first-order valence-electron chi connectivity index (χ1n) is 8.98. The molecule has 4 aliphatic carbocycles. The van der Waals surface area contributed by atoms with Gasteiger partial charge >= 0.3 is 5.69 Å². The van der Waals surface area contributed by atoms with Crippen LogP contribution in [-0.2, 0) is 0 Å². The van der Waals surface area contributed by atoms with Crippen molar-refractivity contribution in [3.63, 3.8) is 0 Å². The molecule has 130 valence electrons. The summed E-state index contributed by atoms with van der Waals surface area (Å²) in [7, 11) is 0. The van der Waals surface area contributed by atoms with Crippen molar-refractivity contribution in [1.29, 1.82) is 0 Å². The van der Waals surface area contributed by atoms with Gasteiger partial charge in [0, 0.05) is 11.6 Å². The van der Waals surface area contributed by atoms with Crippen molar-refractivity contribution in [2.24, 2.45) is 17.8 Å². The first kappa shape index (κ1) is 15.6. The second kappa shape index (κ2) is 5.57. The molecule has 4 saturated carbocycles. The Labute approximate surface area is 141 Å². The van der Waals surface area contributed by atoms with Gasteiger partial charge in [0.2, 0.25) is 11.6 Å². The second-order valence-electron chi connectivity index (χ2n) is 8.30. The topological polar surface area (TPSA) is 93.0 Å². The van der Waals surface area contributed by atoms with E-state index in [1.807, 2.05) is 13.8 Å². The van der Waals surface area contributed by atoms with Crippen molar-refractivity contribution in [2.45, 2.75) is 64.0 Å². The van der Waals surface area contributed by atoms with Crippen LogP contribution in [0.1, 0.15) is 52.4 Å². The summed E-state index contributed by atoms with van der Waals surface area (Å²) in [6.07, 6.45) is 8.79. The molecule has 0 aromatic carbocycles. The number of hydrogen-bond donors (Lipinski definition) is 2. The maximum Gasteiger partial charge on any atom is 0.353 e. The van der Waals surface area contributed by atoms with Crippen LogP contribution in [-0.4, -0.2) is 26.5 Å². The number of anilines is 2. The third-order valence-corrected chi connectivity index (χ3v) is 5.85. The summed E-state index contributed by atoms with van der Waals surface area (Å²) >= 11 is 0. The molecule has 0 amide bonds. The van der Waals surface area contributed by atoms with Crippen LogP contribution in [0.5, 0.6) is 0 Å². The van der Waals surface area contributed by atoms with Crippen LogP contribution in [0.25, 0.3) is 0 Å². The van der Waals surface area contributed by atoms with E-state index in [0.717, 1.165) is 37.0 Å². The molecule has 7 heteroatoms. The zero-order valence-corrected chi connectivity index (χ0v) is 14.3. The lowest BCUT2D eigenvalue weighted by molar-refractivity contribution is -0.383. The first-order valence-corrected chi connectivity index (χ1v) is 8.98. The van der Waals surface area contributed by atoms with Crippen molar-refractivity contribution >= 4 is 17.3 Å². The van der Waals surface area contributed by atoms with Gasteiger partial charge in [-0.15, -0.1) is 0 Å². The number of hydrogen-bond acceptors (Lipinski definition) is 6. The standard InChI is InChI=1S/C17H25N5O2/c1-10(2)20-15-14(22(23)24)16(19-9-18-15)21-17-6-11-3-12(7-17)5-13(4-11)8-17/h9-13H,3-8H2,1-2H3,(H2,18,19,20,21). The minimum Gasteiger partial charge on any atom is -0.362 e. The average molecular weight is 331 g/mol. The molecule has 2 N–H and O–H groups in total. The normalized spacial score (nSPS) is 33.7. The van der Waals surface area contributed by atoms with Gasteiger partial charge in [-0.1, -0.05) is 0 Å². The van der Waals surface area contributed by atoms with Gasteiger partial charge in [0.1, 0.15) is 6.33 Å². The van der Waals surface area contributed by atoms with Gasteiger partial charge in [-0.05, 0) is 70.1 Å². The first-order chi connectivity index (χ1) is 11.4. The second-order valence-corrected chi connectivity index (χ2v) is 8.30. The molecule has 7 nitrogen and oxygen atoms in total. The van der Waals surface area contributed by atoms with Crippen molar-refractivity contribution in [2.75, 3.05) is 10.6 Å². The van der Waals surface area contributed by atoms with Gasteiger partial charge in [0.05, 0.1) is 4.92 Å². The van der Waals surface area contributed by atoms with Crippen LogP contribution in [0, 0.1) is 27.9 Å². The fraction of sp³-hybridized carbons (Fsp3) is 0.765. The molecule has 0 atom stereocenters. The van der Waals surface area contributed by atoms with E-state index in [2.05, 4.69) is 20.6 Å². The molecule has 1 aromatic rings. The smallest absolute Gasteiger partial charge is 0.353 e. The highest BCUT2D eigenvalue weighted by Crippen LogP contribution is 2.56. The van der Waals surface area contributed by atoms with Gasteiger partial charge in [-0.3, -0.25) is 10.1 Å². The molecule has 0 spiro atoms. The lowest BCUT2D eigenvalue weighted by Gasteiger charge is -2.57. The Morgan fingerprint density at radius 3 is 2.17 bits per heavy atom. The molecule has 0 unspecified atom stereocenters. The zero-order chi connectivity index (χ0) is 16.9. The number of nitrogens with one attached hydrogen (secondary N) is 2. The Morgan fingerprint density at radius 2 is 1.67 bits per heavy atom. The van der Waals surface area contributed by atoms with E-state index in [-0.39, 0.29) is 22.2 Å². The Hall–Kier alpha value is -1.92. The van der Waals surface area contributed by atoms with E-state index in [1.54, 1.807) is 0 Å². The number of nitrogens with zero attached hydrogens (tertiary/aromatic N) is 3. The van der Waals surface area contributed by atoms with Crippen LogP contribution >= 0.6 is 0 Å². The molecular weight excluding hydrogens is 306 g/mol. The predicted molar refractivity (Wildman–Crippen MR) is 92.0 cm³/mol. The molecule has 1 heterocycles. The van der Waals surface area contributed by atoms with Crippen LogP contribution in [0.2, 0.25) is 0 Å².